The lowest BCUT2D eigenvalue weighted by Crippen LogP contribution is -2.32. The molecule has 104 valence electrons. The molecule has 0 unspecified atom stereocenters. The third-order valence-electron chi connectivity index (χ3n) is 3.14. The van der Waals surface area contributed by atoms with Crippen molar-refractivity contribution in [1.29, 1.82) is 0 Å². The van der Waals surface area contributed by atoms with Crippen LogP contribution in [-0.2, 0) is 6.42 Å². The number of nitrogens with zero attached hydrogens (tertiary/aromatic N) is 3. The first-order valence-corrected chi connectivity index (χ1v) is 8.67. The molecule has 2 rings (SSSR count). The van der Waals surface area contributed by atoms with Crippen molar-refractivity contribution < 1.29 is 0 Å². The molecule has 2 aromatic heterocycles. The first kappa shape index (κ1) is 14.7. The number of rotatable bonds is 6. The Morgan fingerprint density at radius 1 is 1.37 bits per heavy atom. The fourth-order valence-electron chi connectivity index (χ4n) is 2.13. The van der Waals surface area contributed by atoms with Crippen LogP contribution >= 0.6 is 27.3 Å². The Labute approximate surface area is 127 Å². The fourth-order valence-corrected chi connectivity index (χ4v) is 3.32. The molecule has 0 saturated carbocycles. The van der Waals surface area contributed by atoms with Crippen LogP contribution in [0.15, 0.2) is 12.4 Å². The highest BCUT2D eigenvalue weighted by Gasteiger charge is 2.16. The van der Waals surface area contributed by atoms with Crippen LogP contribution in [0.5, 0.6) is 0 Å². The van der Waals surface area contributed by atoms with E-state index >= 15 is 0 Å². The van der Waals surface area contributed by atoms with Crippen molar-refractivity contribution in [2.45, 2.75) is 39.7 Å². The predicted octanol–water partition coefficient (Wildman–Crippen LogP) is 4.25. The fraction of sp³-hybridized carbons (Fsp3) is 0.571. The van der Waals surface area contributed by atoms with Gasteiger partial charge in [0.15, 0.2) is 0 Å². The normalized spacial score (nSPS) is 11.4. The first-order chi connectivity index (χ1) is 9.17. The summed E-state index contributed by atoms with van der Waals surface area (Å²) in [5.41, 5.74) is 0. The summed E-state index contributed by atoms with van der Waals surface area (Å²) < 4.78 is 0. The minimum absolute atomic E-state index is 0.446. The monoisotopic (exact) mass is 341 g/mol. The van der Waals surface area contributed by atoms with E-state index in [2.05, 4.69) is 57.6 Å². The number of thiophene rings is 1. The molecule has 2 heterocycles. The van der Waals surface area contributed by atoms with E-state index in [0.29, 0.717) is 6.04 Å². The third-order valence-corrected chi connectivity index (χ3v) is 4.88. The van der Waals surface area contributed by atoms with E-state index in [4.69, 9.17) is 0 Å². The molecule has 0 spiro atoms. The second-order valence-corrected chi connectivity index (χ2v) is 6.72. The van der Waals surface area contributed by atoms with E-state index < -0.39 is 0 Å². The summed E-state index contributed by atoms with van der Waals surface area (Å²) in [6.45, 7) is 7.64. The van der Waals surface area contributed by atoms with Gasteiger partial charge in [-0.1, -0.05) is 22.9 Å². The van der Waals surface area contributed by atoms with Gasteiger partial charge in [-0.05, 0) is 32.8 Å². The first-order valence-electron chi connectivity index (χ1n) is 6.73. The number of fused-ring (bicyclic) bond motifs is 1. The Morgan fingerprint density at radius 3 is 2.79 bits per heavy atom. The van der Waals surface area contributed by atoms with Crippen LogP contribution in [0.2, 0.25) is 0 Å². The summed E-state index contributed by atoms with van der Waals surface area (Å²) in [4.78, 5) is 13.8. The maximum Gasteiger partial charge on any atom is 0.141 e. The maximum atomic E-state index is 4.54. The van der Waals surface area contributed by atoms with Crippen LogP contribution in [0, 0.1) is 0 Å². The van der Waals surface area contributed by atoms with Crippen LogP contribution in [0.4, 0.5) is 5.82 Å². The number of anilines is 1. The average molecular weight is 342 g/mol. The Bertz CT molecular complexity index is 538. The van der Waals surface area contributed by atoms with Gasteiger partial charge in [0, 0.05) is 22.8 Å². The van der Waals surface area contributed by atoms with Crippen molar-refractivity contribution in [3.05, 3.63) is 17.3 Å². The van der Waals surface area contributed by atoms with Crippen LogP contribution < -0.4 is 4.90 Å². The lowest BCUT2D eigenvalue weighted by atomic mass is 10.2. The molecule has 19 heavy (non-hydrogen) atoms. The van der Waals surface area contributed by atoms with Crippen molar-refractivity contribution in [2.75, 3.05) is 16.8 Å². The second kappa shape index (κ2) is 6.66. The molecule has 0 amide bonds. The topological polar surface area (TPSA) is 29.0 Å². The SMILES string of the molecule is CCc1cc2c(N(CCCBr)C(C)C)ncnc2s1. The average Bonchev–Trinajstić information content (AvgIpc) is 2.82. The molecular formula is C14H20BrN3S. The number of alkyl halides is 1. The Hall–Kier alpha value is -0.680. The van der Waals surface area contributed by atoms with Crippen molar-refractivity contribution >= 4 is 43.3 Å². The number of aryl methyl sites for hydroxylation is 1. The number of hydrogen-bond donors (Lipinski definition) is 0. The van der Waals surface area contributed by atoms with Gasteiger partial charge in [0.1, 0.15) is 17.0 Å². The van der Waals surface area contributed by atoms with Gasteiger partial charge in [0.25, 0.3) is 0 Å². The van der Waals surface area contributed by atoms with E-state index in [1.54, 1.807) is 17.7 Å². The molecule has 0 N–H and O–H groups in total. The van der Waals surface area contributed by atoms with Gasteiger partial charge < -0.3 is 4.90 Å². The molecule has 0 aliphatic carbocycles. The third kappa shape index (κ3) is 3.26. The molecule has 2 aromatic rings. The standard InChI is InChI=1S/C14H20BrN3S/c1-4-11-8-12-13(16-9-17-14(12)19-11)18(10(2)3)7-5-6-15/h8-10H,4-7H2,1-3H3. The van der Waals surface area contributed by atoms with Crippen molar-refractivity contribution in [1.82, 2.24) is 9.97 Å². The van der Waals surface area contributed by atoms with E-state index in [-0.39, 0.29) is 0 Å². The lowest BCUT2D eigenvalue weighted by molar-refractivity contribution is 0.667. The summed E-state index contributed by atoms with van der Waals surface area (Å²) in [6.07, 6.45) is 3.87. The maximum absolute atomic E-state index is 4.54. The van der Waals surface area contributed by atoms with Crippen molar-refractivity contribution in [2.24, 2.45) is 0 Å². The Kier molecular flexibility index (Phi) is 5.16. The predicted molar refractivity (Wildman–Crippen MR) is 87.7 cm³/mol. The van der Waals surface area contributed by atoms with Gasteiger partial charge in [-0.3, -0.25) is 0 Å². The Balaban J connectivity index is 2.43. The Morgan fingerprint density at radius 2 is 2.16 bits per heavy atom. The molecule has 0 aliphatic heterocycles. The smallest absolute Gasteiger partial charge is 0.141 e. The van der Waals surface area contributed by atoms with E-state index in [1.807, 2.05) is 0 Å². The second-order valence-electron chi connectivity index (χ2n) is 4.81. The molecule has 0 aromatic carbocycles. The minimum Gasteiger partial charge on any atom is -0.354 e. The molecule has 0 saturated heterocycles. The van der Waals surface area contributed by atoms with Gasteiger partial charge >= 0.3 is 0 Å². The quantitative estimate of drug-likeness (QED) is 0.735. The highest BCUT2D eigenvalue weighted by molar-refractivity contribution is 9.09. The molecule has 0 radical (unpaired) electrons. The van der Waals surface area contributed by atoms with Crippen LogP contribution in [0.1, 0.15) is 32.1 Å². The molecule has 0 fully saturated rings. The van der Waals surface area contributed by atoms with Crippen LogP contribution in [0.25, 0.3) is 10.2 Å². The molecule has 0 aliphatic rings. The zero-order valence-corrected chi connectivity index (χ0v) is 14.1. The summed E-state index contributed by atoms with van der Waals surface area (Å²) in [7, 11) is 0. The zero-order valence-electron chi connectivity index (χ0n) is 11.7. The molecule has 0 atom stereocenters. The molecule has 5 heteroatoms. The van der Waals surface area contributed by atoms with Crippen molar-refractivity contribution in [3.63, 3.8) is 0 Å². The van der Waals surface area contributed by atoms with Gasteiger partial charge in [-0.15, -0.1) is 11.3 Å². The van der Waals surface area contributed by atoms with E-state index in [9.17, 15) is 0 Å². The lowest BCUT2D eigenvalue weighted by Gasteiger charge is -2.28. The van der Waals surface area contributed by atoms with Gasteiger partial charge in [-0.2, -0.15) is 0 Å². The number of hydrogen-bond acceptors (Lipinski definition) is 4. The van der Waals surface area contributed by atoms with E-state index in [1.165, 1.54) is 10.3 Å². The number of halogens is 1. The largest absolute Gasteiger partial charge is 0.354 e. The van der Waals surface area contributed by atoms with Gasteiger partial charge in [0.2, 0.25) is 0 Å². The van der Waals surface area contributed by atoms with Gasteiger partial charge in [0.05, 0.1) is 5.39 Å². The highest BCUT2D eigenvalue weighted by atomic mass is 79.9. The highest BCUT2D eigenvalue weighted by Crippen LogP contribution is 2.31. The summed E-state index contributed by atoms with van der Waals surface area (Å²) in [6, 6.07) is 2.70. The summed E-state index contributed by atoms with van der Waals surface area (Å²) in [5.74, 6) is 1.08. The van der Waals surface area contributed by atoms with Gasteiger partial charge in [-0.25, -0.2) is 9.97 Å². The molecular weight excluding hydrogens is 322 g/mol. The van der Waals surface area contributed by atoms with Crippen LogP contribution in [0.3, 0.4) is 0 Å². The minimum atomic E-state index is 0.446. The molecule has 3 nitrogen and oxygen atoms in total. The van der Waals surface area contributed by atoms with Crippen LogP contribution in [-0.4, -0.2) is 27.9 Å². The zero-order chi connectivity index (χ0) is 13.8. The summed E-state index contributed by atoms with van der Waals surface area (Å²) in [5, 5.41) is 2.22. The van der Waals surface area contributed by atoms with E-state index in [0.717, 1.165) is 35.4 Å². The molecule has 0 bridgehead atoms. The van der Waals surface area contributed by atoms with Crippen molar-refractivity contribution in [3.8, 4) is 0 Å². The summed E-state index contributed by atoms with van der Waals surface area (Å²) >= 11 is 5.28. The number of aromatic nitrogens is 2.